The van der Waals surface area contributed by atoms with Crippen LogP contribution in [0.2, 0.25) is 0 Å². The molecule has 0 bridgehead atoms. The Kier molecular flexibility index (Phi) is 3.34. The van der Waals surface area contributed by atoms with Gasteiger partial charge in [0.15, 0.2) is 5.78 Å². The Bertz CT molecular complexity index is 596. The summed E-state index contributed by atoms with van der Waals surface area (Å²) in [7, 11) is 0. The fourth-order valence-electron chi connectivity index (χ4n) is 2.13. The van der Waals surface area contributed by atoms with Crippen LogP contribution in [0.1, 0.15) is 18.1 Å². The number of aliphatic hydroxyl groups excluding tert-OH is 1. The van der Waals surface area contributed by atoms with Crippen LogP contribution in [0, 0.1) is 12.8 Å². The van der Waals surface area contributed by atoms with Crippen LogP contribution in [0.5, 0.6) is 11.5 Å². The molecule has 0 radical (unpaired) electrons. The van der Waals surface area contributed by atoms with Crippen molar-refractivity contribution in [3.05, 3.63) is 46.7 Å². The second kappa shape index (κ2) is 4.80. The topological polar surface area (TPSA) is 77.8 Å². The number of hydrogen-bond acceptors (Lipinski definition) is 4. The molecule has 0 saturated carbocycles. The lowest BCUT2D eigenvalue weighted by molar-refractivity contribution is -0.117. The van der Waals surface area contributed by atoms with Crippen molar-refractivity contribution < 1.29 is 20.1 Å². The molecule has 3 N–H and O–H groups in total. The molecule has 1 aliphatic carbocycles. The molecular weight excluding hydrogens is 244 g/mol. The number of hydrogen-bond donors (Lipinski definition) is 3. The van der Waals surface area contributed by atoms with Crippen molar-refractivity contribution in [2.24, 2.45) is 5.92 Å². The molecular formula is C15H16O4. The molecule has 4 nitrogen and oxygen atoms in total. The standard InChI is InChI=1S/C15H16O4/c1-8-3-10(14(18)6-12(8)16)5-11-4-9(2)13(17)7-15(11)19/h3-4,6-7,10,16-17,19H,5H2,1-2H3. The molecule has 0 spiro atoms. The van der Waals surface area contributed by atoms with Gasteiger partial charge in [0.1, 0.15) is 17.3 Å². The highest BCUT2D eigenvalue weighted by atomic mass is 16.3. The summed E-state index contributed by atoms with van der Waals surface area (Å²) in [6.45, 7) is 3.46. The molecule has 0 aliphatic heterocycles. The van der Waals surface area contributed by atoms with Crippen LogP contribution in [-0.2, 0) is 11.2 Å². The summed E-state index contributed by atoms with van der Waals surface area (Å²) in [5.74, 6) is -0.590. The van der Waals surface area contributed by atoms with Crippen molar-refractivity contribution in [3.8, 4) is 11.5 Å². The number of benzene rings is 1. The minimum atomic E-state index is -0.397. The Balaban J connectivity index is 2.28. The predicted molar refractivity (Wildman–Crippen MR) is 71.2 cm³/mol. The fraction of sp³-hybridized carbons (Fsp3) is 0.267. The highest BCUT2D eigenvalue weighted by Gasteiger charge is 2.22. The summed E-state index contributed by atoms with van der Waals surface area (Å²) < 4.78 is 0. The highest BCUT2D eigenvalue weighted by Crippen LogP contribution is 2.30. The lowest BCUT2D eigenvalue weighted by Crippen LogP contribution is -2.17. The van der Waals surface area contributed by atoms with Crippen molar-refractivity contribution in [2.45, 2.75) is 20.3 Å². The maximum Gasteiger partial charge on any atom is 0.166 e. The van der Waals surface area contributed by atoms with Crippen LogP contribution in [0.15, 0.2) is 35.6 Å². The van der Waals surface area contributed by atoms with Gasteiger partial charge in [-0.15, -0.1) is 0 Å². The second-order valence-electron chi connectivity index (χ2n) is 4.86. The number of aliphatic hydroxyl groups is 1. The van der Waals surface area contributed by atoms with Crippen molar-refractivity contribution in [1.82, 2.24) is 0 Å². The first-order chi connectivity index (χ1) is 8.88. The lowest BCUT2D eigenvalue weighted by Gasteiger charge is -2.17. The summed E-state index contributed by atoms with van der Waals surface area (Å²) in [5, 5.41) is 28.7. The van der Waals surface area contributed by atoms with Crippen LogP contribution >= 0.6 is 0 Å². The van der Waals surface area contributed by atoms with E-state index in [1.165, 1.54) is 12.1 Å². The van der Waals surface area contributed by atoms with Gasteiger partial charge in [-0.1, -0.05) is 6.08 Å². The number of phenols is 2. The molecule has 1 aliphatic rings. The van der Waals surface area contributed by atoms with E-state index >= 15 is 0 Å². The first-order valence-electron chi connectivity index (χ1n) is 6.03. The number of phenolic OH excluding ortho intramolecular Hbond substituents is 2. The van der Waals surface area contributed by atoms with Gasteiger partial charge in [-0.25, -0.2) is 0 Å². The molecule has 1 aromatic carbocycles. The van der Waals surface area contributed by atoms with Gasteiger partial charge in [-0.2, -0.15) is 0 Å². The van der Waals surface area contributed by atoms with E-state index in [2.05, 4.69) is 0 Å². The van der Waals surface area contributed by atoms with Gasteiger partial charge in [0.25, 0.3) is 0 Å². The van der Waals surface area contributed by atoms with E-state index in [1.807, 2.05) is 0 Å². The van der Waals surface area contributed by atoms with E-state index in [0.717, 1.165) is 0 Å². The Labute approximate surface area is 111 Å². The zero-order valence-electron chi connectivity index (χ0n) is 10.8. The third-order valence-electron chi connectivity index (χ3n) is 3.34. The van der Waals surface area contributed by atoms with Crippen LogP contribution in [0.25, 0.3) is 0 Å². The van der Waals surface area contributed by atoms with Gasteiger partial charge in [0.2, 0.25) is 0 Å². The molecule has 1 atom stereocenters. The molecule has 19 heavy (non-hydrogen) atoms. The lowest BCUT2D eigenvalue weighted by atomic mass is 9.88. The minimum Gasteiger partial charge on any atom is -0.508 e. The number of aryl methyl sites for hydroxylation is 1. The fourth-order valence-corrected chi connectivity index (χ4v) is 2.13. The molecule has 100 valence electrons. The molecule has 0 saturated heterocycles. The predicted octanol–water partition coefficient (Wildman–Crippen LogP) is 2.54. The van der Waals surface area contributed by atoms with E-state index in [-0.39, 0.29) is 23.0 Å². The monoisotopic (exact) mass is 260 g/mol. The molecule has 1 aromatic rings. The van der Waals surface area contributed by atoms with Crippen molar-refractivity contribution in [3.63, 3.8) is 0 Å². The average Bonchev–Trinajstić information content (AvgIpc) is 2.32. The van der Waals surface area contributed by atoms with Crippen molar-refractivity contribution >= 4 is 5.78 Å². The van der Waals surface area contributed by atoms with Gasteiger partial charge in [0.05, 0.1) is 0 Å². The van der Waals surface area contributed by atoms with E-state index in [1.54, 1.807) is 26.0 Å². The Morgan fingerprint density at radius 1 is 1.11 bits per heavy atom. The average molecular weight is 260 g/mol. The molecule has 0 aromatic heterocycles. The number of carbonyl (C=O) groups is 1. The second-order valence-corrected chi connectivity index (χ2v) is 4.86. The molecule has 0 heterocycles. The molecule has 0 fully saturated rings. The Hall–Kier alpha value is -2.23. The van der Waals surface area contributed by atoms with Gasteiger partial charge < -0.3 is 15.3 Å². The maximum atomic E-state index is 11.8. The molecule has 1 unspecified atom stereocenters. The number of carbonyl (C=O) groups excluding carboxylic acids is 1. The van der Waals surface area contributed by atoms with Crippen molar-refractivity contribution in [2.75, 3.05) is 0 Å². The summed E-state index contributed by atoms with van der Waals surface area (Å²) in [4.78, 5) is 11.8. The van der Waals surface area contributed by atoms with Gasteiger partial charge in [0, 0.05) is 18.1 Å². The van der Waals surface area contributed by atoms with E-state index in [9.17, 15) is 20.1 Å². The zero-order chi connectivity index (χ0) is 14.2. The minimum absolute atomic E-state index is 0.00708. The molecule has 0 amide bonds. The quantitative estimate of drug-likeness (QED) is 0.763. The van der Waals surface area contributed by atoms with Crippen LogP contribution in [-0.4, -0.2) is 21.1 Å². The number of ketones is 1. The van der Waals surface area contributed by atoms with Crippen LogP contribution < -0.4 is 0 Å². The Morgan fingerprint density at radius 2 is 1.79 bits per heavy atom. The number of allylic oxidation sites excluding steroid dienone is 3. The maximum absolute atomic E-state index is 11.8. The van der Waals surface area contributed by atoms with E-state index in [0.29, 0.717) is 23.1 Å². The third-order valence-corrected chi connectivity index (χ3v) is 3.34. The van der Waals surface area contributed by atoms with Crippen LogP contribution in [0.3, 0.4) is 0 Å². The smallest absolute Gasteiger partial charge is 0.166 e. The van der Waals surface area contributed by atoms with Gasteiger partial charge in [-0.05, 0) is 43.0 Å². The third kappa shape index (κ3) is 2.62. The van der Waals surface area contributed by atoms with E-state index < -0.39 is 5.92 Å². The number of aromatic hydroxyl groups is 2. The summed E-state index contributed by atoms with van der Waals surface area (Å²) in [6.07, 6.45) is 3.25. The molecule has 4 heteroatoms. The highest BCUT2D eigenvalue weighted by molar-refractivity contribution is 5.95. The molecule has 2 rings (SSSR count). The normalized spacial score (nSPS) is 19.1. The summed E-state index contributed by atoms with van der Waals surface area (Å²) in [5.41, 5.74) is 1.90. The summed E-state index contributed by atoms with van der Waals surface area (Å²) >= 11 is 0. The van der Waals surface area contributed by atoms with E-state index in [4.69, 9.17) is 0 Å². The SMILES string of the molecule is CC1=CC(Cc2cc(C)c(O)cc2O)C(=O)C=C1O. The van der Waals surface area contributed by atoms with Gasteiger partial charge >= 0.3 is 0 Å². The largest absolute Gasteiger partial charge is 0.508 e. The zero-order valence-corrected chi connectivity index (χ0v) is 10.8. The first kappa shape index (κ1) is 13.2. The first-order valence-corrected chi connectivity index (χ1v) is 6.03. The van der Waals surface area contributed by atoms with Crippen LogP contribution in [0.4, 0.5) is 0 Å². The summed E-state index contributed by atoms with van der Waals surface area (Å²) in [6, 6.07) is 2.95. The Morgan fingerprint density at radius 3 is 2.47 bits per heavy atom. The number of rotatable bonds is 2. The van der Waals surface area contributed by atoms with Crippen molar-refractivity contribution in [1.29, 1.82) is 0 Å². The van der Waals surface area contributed by atoms with Gasteiger partial charge in [-0.3, -0.25) is 4.79 Å².